The summed E-state index contributed by atoms with van der Waals surface area (Å²) in [6.07, 6.45) is -1.47. The third-order valence-corrected chi connectivity index (χ3v) is 6.50. The number of hydrogen-bond donors (Lipinski definition) is 5. The molecule has 194 valence electrons. The monoisotopic (exact) mass is 501 g/mol. The summed E-state index contributed by atoms with van der Waals surface area (Å²) in [6.45, 7) is 6.96. The summed E-state index contributed by atoms with van der Waals surface area (Å²) in [7, 11) is 0. The number of phenols is 1. The van der Waals surface area contributed by atoms with Crippen LogP contribution in [0.3, 0.4) is 0 Å². The molecule has 0 aliphatic carbocycles. The van der Waals surface area contributed by atoms with Crippen molar-refractivity contribution in [2.24, 2.45) is 5.92 Å². The lowest BCUT2D eigenvalue weighted by atomic mass is 9.96. The van der Waals surface area contributed by atoms with Crippen molar-refractivity contribution in [3.8, 4) is 5.75 Å². The van der Waals surface area contributed by atoms with Gasteiger partial charge in [-0.3, -0.25) is 4.90 Å². The fourth-order valence-electron chi connectivity index (χ4n) is 4.26. The highest BCUT2D eigenvalue weighted by atomic mass is 16.4. The highest BCUT2D eigenvalue weighted by molar-refractivity contribution is 6.06. The third kappa shape index (κ3) is 5.84. The Bertz CT molecular complexity index is 1290. The number of aromatic hydroxyl groups is 1. The molecule has 2 aromatic carbocycles. The van der Waals surface area contributed by atoms with Gasteiger partial charge < -0.3 is 29.9 Å². The zero-order valence-corrected chi connectivity index (χ0v) is 20.2. The number of likely N-dealkylation sites (tertiary alicyclic amines) is 1. The van der Waals surface area contributed by atoms with Crippen molar-refractivity contribution in [2.45, 2.75) is 51.9 Å². The van der Waals surface area contributed by atoms with Crippen LogP contribution in [0.2, 0.25) is 0 Å². The molecule has 1 aliphatic heterocycles. The van der Waals surface area contributed by atoms with Crippen LogP contribution in [-0.2, 0) is 22.6 Å². The summed E-state index contributed by atoms with van der Waals surface area (Å²) in [6, 6.07) is 9.51. The Morgan fingerprint density at radius 3 is 2.11 bits per heavy atom. The highest BCUT2D eigenvalue weighted by Crippen LogP contribution is 2.36. The van der Waals surface area contributed by atoms with E-state index in [2.05, 4.69) is 11.8 Å². The molecule has 2 heterocycles. The van der Waals surface area contributed by atoms with Crippen LogP contribution in [0.1, 0.15) is 37.8 Å². The van der Waals surface area contributed by atoms with Crippen LogP contribution in [0.25, 0.3) is 21.7 Å². The summed E-state index contributed by atoms with van der Waals surface area (Å²) >= 11 is 0. The van der Waals surface area contributed by atoms with Crippen molar-refractivity contribution < 1.29 is 39.5 Å². The second-order valence-corrected chi connectivity index (χ2v) is 9.05. The van der Waals surface area contributed by atoms with Gasteiger partial charge >= 0.3 is 17.6 Å². The molecule has 3 aromatic rings. The molecular weight excluding hydrogens is 470 g/mol. The molecule has 1 aromatic heterocycles. The van der Waals surface area contributed by atoms with Crippen LogP contribution >= 0.6 is 0 Å². The minimum Gasteiger partial charge on any atom is -0.507 e. The standard InChI is InChI=1S/C22H25NO3.C4H6O6/c1-3-15-12-18-16-6-4-5-7-17(16)22(25)26-21(18)19(20(15)24)13-23-10-8-14(2)9-11-23;5-1(3(7)8)2(6)4(9)10/h4-7,12,14,24H,3,8-11,13H2,1-2H3;1-2,5-6H,(H,7,8)(H,9,10). The number of carbonyl (C=O) groups is 2. The van der Waals surface area contributed by atoms with Gasteiger partial charge in [0.15, 0.2) is 12.2 Å². The van der Waals surface area contributed by atoms with Crippen LogP contribution in [0.5, 0.6) is 5.75 Å². The second-order valence-electron chi connectivity index (χ2n) is 9.05. The lowest BCUT2D eigenvalue weighted by Gasteiger charge is -2.30. The SMILES string of the molecule is CCc1cc2c(oc(=O)c3ccccc32)c(CN2CCC(C)CC2)c1O.O=C(O)C(O)C(O)C(=O)O. The molecule has 0 spiro atoms. The maximum absolute atomic E-state index is 12.5. The van der Waals surface area contributed by atoms with Crippen LogP contribution < -0.4 is 5.63 Å². The van der Waals surface area contributed by atoms with Gasteiger partial charge in [-0.1, -0.05) is 32.0 Å². The Balaban J connectivity index is 0.000000308. The molecule has 0 bridgehead atoms. The first-order valence-electron chi connectivity index (χ1n) is 11.8. The van der Waals surface area contributed by atoms with Crippen molar-refractivity contribution in [3.05, 3.63) is 51.9 Å². The van der Waals surface area contributed by atoms with E-state index in [-0.39, 0.29) is 11.4 Å². The van der Waals surface area contributed by atoms with Crippen molar-refractivity contribution >= 4 is 33.7 Å². The van der Waals surface area contributed by atoms with Crippen LogP contribution in [0.4, 0.5) is 0 Å². The van der Waals surface area contributed by atoms with Gasteiger partial charge in [0.25, 0.3) is 0 Å². The number of aliphatic hydroxyl groups is 2. The summed E-state index contributed by atoms with van der Waals surface area (Å²) in [5.41, 5.74) is 1.83. The fraction of sp³-hybridized carbons (Fsp3) is 0.423. The Hall–Kier alpha value is -3.47. The van der Waals surface area contributed by atoms with Gasteiger partial charge in [0.2, 0.25) is 0 Å². The molecule has 1 aliphatic rings. The molecule has 0 radical (unpaired) electrons. The normalized spacial score (nSPS) is 16.3. The first-order valence-corrected chi connectivity index (χ1v) is 11.8. The number of carboxylic acid groups (broad SMARTS) is 2. The second kappa shape index (κ2) is 11.5. The van der Waals surface area contributed by atoms with Gasteiger partial charge in [0, 0.05) is 11.9 Å². The molecule has 0 saturated carbocycles. The average Bonchev–Trinajstić information content (AvgIpc) is 2.86. The molecule has 5 N–H and O–H groups in total. The van der Waals surface area contributed by atoms with Crippen LogP contribution in [-0.4, -0.2) is 67.7 Å². The quantitative estimate of drug-likeness (QED) is 0.250. The van der Waals surface area contributed by atoms with Gasteiger partial charge in [-0.25, -0.2) is 14.4 Å². The lowest BCUT2D eigenvalue weighted by molar-refractivity contribution is -0.165. The Labute approximate surface area is 207 Å². The van der Waals surface area contributed by atoms with E-state index in [9.17, 15) is 19.5 Å². The molecule has 2 unspecified atom stereocenters. The number of fused-ring (bicyclic) bond motifs is 3. The number of rotatable bonds is 6. The molecule has 36 heavy (non-hydrogen) atoms. The summed E-state index contributed by atoms with van der Waals surface area (Å²) in [5.74, 6) is -2.51. The predicted octanol–water partition coefficient (Wildman–Crippen LogP) is 2.32. The number of hydrogen-bond acceptors (Lipinski definition) is 8. The van der Waals surface area contributed by atoms with E-state index in [4.69, 9.17) is 24.8 Å². The van der Waals surface area contributed by atoms with E-state index in [0.717, 1.165) is 47.3 Å². The number of carboxylic acids is 2. The molecule has 1 saturated heterocycles. The predicted molar refractivity (Wildman–Crippen MR) is 132 cm³/mol. The number of phenolic OH excluding ortho intramolecular Hbond substituents is 1. The molecular formula is C26H31NO9. The molecule has 4 rings (SSSR count). The number of aliphatic carboxylic acids is 2. The summed E-state index contributed by atoms with van der Waals surface area (Å²) in [5, 5.41) is 45.8. The van der Waals surface area contributed by atoms with Crippen LogP contribution in [0, 0.1) is 5.92 Å². The molecule has 0 amide bonds. The Morgan fingerprint density at radius 1 is 1.03 bits per heavy atom. The van der Waals surface area contributed by atoms with Gasteiger partial charge in [-0.15, -0.1) is 0 Å². The number of nitrogens with zero attached hydrogens (tertiary/aromatic N) is 1. The van der Waals surface area contributed by atoms with E-state index in [1.807, 2.05) is 31.2 Å². The van der Waals surface area contributed by atoms with E-state index in [1.54, 1.807) is 6.07 Å². The number of piperidine rings is 1. The largest absolute Gasteiger partial charge is 0.507 e. The van der Waals surface area contributed by atoms with Crippen molar-refractivity contribution in [2.75, 3.05) is 13.1 Å². The van der Waals surface area contributed by atoms with E-state index < -0.39 is 24.1 Å². The van der Waals surface area contributed by atoms with Gasteiger partial charge in [0.05, 0.1) is 10.9 Å². The van der Waals surface area contributed by atoms with E-state index in [0.29, 0.717) is 17.5 Å². The maximum atomic E-state index is 12.5. The zero-order chi connectivity index (χ0) is 26.6. The van der Waals surface area contributed by atoms with Gasteiger partial charge in [-0.2, -0.15) is 0 Å². The minimum atomic E-state index is -2.27. The summed E-state index contributed by atoms with van der Waals surface area (Å²) < 4.78 is 5.71. The number of aliphatic hydroxyl groups excluding tert-OH is 2. The van der Waals surface area contributed by atoms with Crippen molar-refractivity contribution in [1.29, 1.82) is 0 Å². The lowest BCUT2D eigenvalue weighted by Crippen LogP contribution is -2.39. The zero-order valence-electron chi connectivity index (χ0n) is 20.2. The van der Waals surface area contributed by atoms with Crippen molar-refractivity contribution in [1.82, 2.24) is 4.90 Å². The van der Waals surface area contributed by atoms with Crippen molar-refractivity contribution in [3.63, 3.8) is 0 Å². The smallest absolute Gasteiger partial charge is 0.344 e. The minimum absolute atomic E-state index is 0.275. The molecule has 1 fully saturated rings. The number of benzene rings is 2. The Kier molecular flexibility index (Phi) is 8.67. The Morgan fingerprint density at radius 2 is 1.58 bits per heavy atom. The number of aryl methyl sites for hydroxylation is 1. The average molecular weight is 502 g/mol. The highest BCUT2D eigenvalue weighted by Gasteiger charge is 2.29. The topological polar surface area (TPSA) is 169 Å². The third-order valence-electron chi connectivity index (χ3n) is 6.50. The van der Waals surface area contributed by atoms with Crippen LogP contribution in [0.15, 0.2) is 39.5 Å². The van der Waals surface area contributed by atoms with Gasteiger partial charge in [-0.05, 0) is 61.4 Å². The van der Waals surface area contributed by atoms with E-state index in [1.165, 1.54) is 12.8 Å². The molecule has 10 heteroatoms. The molecule has 2 atom stereocenters. The molecule has 10 nitrogen and oxygen atoms in total. The first kappa shape index (κ1) is 27.1. The summed E-state index contributed by atoms with van der Waals surface area (Å²) in [4.78, 5) is 34.4. The first-order chi connectivity index (χ1) is 17.0. The van der Waals surface area contributed by atoms with E-state index >= 15 is 0 Å². The maximum Gasteiger partial charge on any atom is 0.344 e. The van der Waals surface area contributed by atoms with Gasteiger partial charge in [0.1, 0.15) is 11.3 Å². The fourth-order valence-corrected chi connectivity index (χ4v) is 4.26.